The number of nitrogens with zero attached hydrogens (tertiary/aromatic N) is 5. The van der Waals surface area contributed by atoms with Crippen molar-refractivity contribution in [2.24, 2.45) is 0 Å². The van der Waals surface area contributed by atoms with Gasteiger partial charge in [-0.25, -0.2) is 4.98 Å². The highest BCUT2D eigenvalue weighted by molar-refractivity contribution is 6.11. The summed E-state index contributed by atoms with van der Waals surface area (Å²) in [5, 5.41) is 2.39. The summed E-state index contributed by atoms with van der Waals surface area (Å²) in [4.78, 5) is 12.5. The SMILES string of the molecule is CN(c1cc(N2CN(c3cc(C(C)(C)C)cc(C(C)(C)C)c3)c3ccccc32)cc(C(C)(C)C)c1)c1ccc2c3cc(-c4ccc(C(C)(C)C)cc4)ccc3n(-c3cc(C(C)(C)c4ccccc4)ccn3)c2c1. The third kappa shape index (κ3) is 9.33. The average molecular weight is 962 g/mol. The number of benzene rings is 7. The van der Waals surface area contributed by atoms with Gasteiger partial charge in [0.25, 0.3) is 0 Å². The second kappa shape index (κ2) is 17.8. The Labute approximate surface area is 436 Å². The largest absolute Gasteiger partial charge is 0.344 e. The topological polar surface area (TPSA) is 27.5 Å². The fraction of sp³-hybridized carbons (Fsp3) is 0.309. The summed E-state index contributed by atoms with van der Waals surface area (Å²) in [7, 11) is 2.22. The minimum atomic E-state index is -0.232. The first-order valence-corrected chi connectivity index (χ1v) is 26.3. The van der Waals surface area contributed by atoms with Crippen molar-refractivity contribution in [3.8, 4) is 16.9 Å². The van der Waals surface area contributed by atoms with Gasteiger partial charge < -0.3 is 14.7 Å². The highest BCUT2D eigenvalue weighted by Gasteiger charge is 2.32. The molecular weight excluding hydrogens is 887 g/mol. The normalized spacial score (nSPS) is 13.6. The highest BCUT2D eigenvalue weighted by atomic mass is 15.4. The van der Waals surface area contributed by atoms with Crippen LogP contribution >= 0.6 is 0 Å². The lowest BCUT2D eigenvalue weighted by Crippen LogP contribution is -2.26. The van der Waals surface area contributed by atoms with Crippen LogP contribution in [0.3, 0.4) is 0 Å². The van der Waals surface area contributed by atoms with Crippen molar-refractivity contribution in [3.05, 3.63) is 203 Å². The number of rotatable bonds is 8. The molecule has 5 nitrogen and oxygen atoms in total. The Morgan fingerprint density at radius 3 is 1.53 bits per heavy atom. The Bertz CT molecular complexity index is 3480. The number of fused-ring (bicyclic) bond motifs is 4. The highest BCUT2D eigenvalue weighted by Crippen LogP contribution is 2.48. The molecular formula is C68H75N5. The summed E-state index contributed by atoms with van der Waals surface area (Å²) in [6.07, 6.45) is 1.98. The van der Waals surface area contributed by atoms with E-state index in [1.807, 2.05) is 6.20 Å². The summed E-state index contributed by atoms with van der Waals surface area (Å²) >= 11 is 0. The molecule has 0 N–H and O–H groups in total. The summed E-state index contributed by atoms with van der Waals surface area (Å²) in [5.74, 6) is 0.903. The maximum absolute atomic E-state index is 5.15. The number of hydrogen-bond acceptors (Lipinski definition) is 4. The number of hydrogen-bond donors (Lipinski definition) is 0. The van der Waals surface area contributed by atoms with Gasteiger partial charge in [-0.15, -0.1) is 0 Å². The lowest BCUT2D eigenvalue weighted by atomic mass is 9.78. The van der Waals surface area contributed by atoms with E-state index in [-0.39, 0.29) is 27.1 Å². The summed E-state index contributed by atoms with van der Waals surface area (Å²) in [6, 6.07) is 61.7. The molecule has 9 aromatic rings. The molecule has 5 heteroatoms. The van der Waals surface area contributed by atoms with Crippen LogP contribution in [-0.4, -0.2) is 23.3 Å². The van der Waals surface area contributed by atoms with E-state index in [0.717, 1.165) is 28.2 Å². The number of aromatic nitrogens is 2. The molecule has 0 aliphatic carbocycles. The van der Waals surface area contributed by atoms with E-state index < -0.39 is 0 Å². The molecule has 0 spiro atoms. The van der Waals surface area contributed by atoms with E-state index in [1.54, 1.807) is 0 Å². The van der Waals surface area contributed by atoms with Crippen LogP contribution in [-0.2, 0) is 27.1 Å². The molecule has 3 heterocycles. The van der Waals surface area contributed by atoms with Gasteiger partial charge in [0.15, 0.2) is 0 Å². The average Bonchev–Trinajstić information content (AvgIpc) is 3.91. The molecule has 372 valence electrons. The van der Waals surface area contributed by atoms with E-state index >= 15 is 0 Å². The van der Waals surface area contributed by atoms with Crippen LogP contribution in [0.5, 0.6) is 0 Å². The first kappa shape index (κ1) is 49.5. The third-order valence-electron chi connectivity index (χ3n) is 15.6. The van der Waals surface area contributed by atoms with E-state index in [1.165, 1.54) is 78.0 Å². The molecule has 73 heavy (non-hydrogen) atoms. The molecule has 2 aromatic heterocycles. The number of para-hydroxylation sites is 2. The zero-order valence-corrected chi connectivity index (χ0v) is 46.1. The first-order chi connectivity index (χ1) is 34.4. The van der Waals surface area contributed by atoms with Crippen molar-refractivity contribution in [2.45, 2.75) is 124 Å². The van der Waals surface area contributed by atoms with Gasteiger partial charge in [0.2, 0.25) is 0 Å². The van der Waals surface area contributed by atoms with Crippen molar-refractivity contribution in [2.75, 3.05) is 28.4 Å². The lowest BCUT2D eigenvalue weighted by Gasteiger charge is -2.30. The van der Waals surface area contributed by atoms with Crippen LogP contribution in [0, 0.1) is 0 Å². The predicted molar refractivity (Wildman–Crippen MR) is 314 cm³/mol. The van der Waals surface area contributed by atoms with Gasteiger partial charge in [-0.05, 0) is 145 Å². The van der Waals surface area contributed by atoms with Crippen LogP contribution in [0.2, 0.25) is 0 Å². The van der Waals surface area contributed by atoms with E-state index in [4.69, 9.17) is 4.98 Å². The Balaban J connectivity index is 1.10. The van der Waals surface area contributed by atoms with Gasteiger partial charge in [0.05, 0.1) is 22.4 Å². The summed E-state index contributed by atoms with van der Waals surface area (Å²) in [5.41, 5.74) is 19.3. The van der Waals surface area contributed by atoms with Crippen LogP contribution < -0.4 is 14.7 Å². The molecule has 1 aliphatic heterocycles. The number of pyridine rings is 1. The van der Waals surface area contributed by atoms with E-state index in [2.05, 4.69) is 287 Å². The molecule has 0 fully saturated rings. The van der Waals surface area contributed by atoms with Gasteiger partial charge in [-0.2, -0.15) is 0 Å². The molecule has 0 saturated carbocycles. The van der Waals surface area contributed by atoms with Crippen molar-refractivity contribution in [1.82, 2.24) is 9.55 Å². The third-order valence-corrected chi connectivity index (χ3v) is 15.6. The molecule has 7 aromatic carbocycles. The van der Waals surface area contributed by atoms with Crippen LogP contribution in [0.4, 0.5) is 34.1 Å². The quantitative estimate of drug-likeness (QED) is 0.152. The Kier molecular flexibility index (Phi) is 12.1. The van der Waals surface area contributed by atoms with Crippen LogP contribution in [0.1, 0.15) is 130 Å². The van der Waals surface area contributed by atoms with Crippen molar-refractivity contribution >= 4 is 55.9 Å². The molecule has 0 bridgehead atoms. The van der Waals surface area contributed by atoms with Gasteiger partial charge >= 0.3 is 0 Å². The molecule has 0 unspecified atom stereocenters. The molecule has 0 atom stereocenters. The van der Waals surface area contributed by atoms with Crippen molar-refractivity contribution in [1.29, 1.82) is 0 Å². The summed E-state index contributed by atoms with van der Waals surface area (Å²) < 4.78 is 2.38. The molecule has 1 aliphatic rings. The van der Waals surface area contributed by atoms with Crippen LogP contribution in [0.15, 0.2) is 170 Å². The number of anilines is 6. The van der Waals surface area contributed by atoms with E-state index in [0.29, 0.717) is 6.67 Å². The predicted octanol–water partition coefficient (Wildman–Crippen LogP) is 18.4. The first-order valence-electron chi connectivity index (χ1n) is 26.3. The monoisotopic (exact) mass is 962 g/mol. The maximum atomic E-state index is 5.15. The zero-order chi connectivity index (χ0) is 52.0. The van der Waals surface area contributed by atoms with Crippen molar-refractivity contribution in [3.63, 3.8) is 0 Å². The van der Waals surface area contributed by atoms with Crippen molar-refractivity contribution < 1.29 is 0 Å². The van der Waals surface area contributed by atoms with Gasteiger partial charge in [0, 0.05) is 52.2 Å². The Morgan fingerprint density at radius 1 is 0.397 bits per heavy atom. The summed E-state index contributed by atoms with van der Waals surface area (Å²) in [6.45, 7) is 33.0. The fourth-order valence-corrected chi connectivity index (χ4v) is 10.6. The minimum Gasteiger partial charge on any atom is -0.344 e. The smallest absolute Gasteiger partial charge is 0.137 e. The second-order valence-electron chi connectivity index (χ2n) is 25.3. The van der Waals surface area contributed by atoms with Crippen LogP contribution in [0.25, 0.3) is 38.8 Å². The molecule has 10 rings (SSSR count). The standard InChI is InChI=1S/C68H75N5/c1-64(2,3)47-28-25-45(26-29-47)46-27-32-59-58(35-46)57-31-30-53(43-62(57)73(59)63-41-49(33-34-69-63)68(13,14)48-21-17-16-18-22-48)70(15)54-37-52(67(10,11)12)40-56(42-54)72-44-71(60-23-19-20-24-61(60)72)55-38-50(65(4,5)6)36-51(39-55)66(7,8)9/h16-43H,44H2,1-15H3. The Hall–Kier alpha value is -7.11. The van der Waals surface area contributed by atoms with Gasteiger partial charge in [-0.1, -0.05) is 182 Å². The van der Waals surface area contributed by atoms with Gasteiger partial charge in [0.1, 0.15) is 12.5 Å². The fourth-order valence-electron chi connectivity index (χ4n) is 10.6. The minimum absolute atomic E-state index is 0.00847. The van der Waals surface area contributed by atoms with Gasteiger partial charge in [-0.3, -0.25) is 4.57 Å². The lowest BCUT2D eigenvalue weighted by molar-refractivity contribution is 0.568. The zero-order valence-electron chi connectivity index (χ0n) is 46.1. The second-order valence-corrected chi connectivity index (χ2v) is 25.3. The molecule has 0 saturated heterocycles. The molecule has 0 amide bonds. The molecule has 0 radical (unpaired) electrons. The maximum Gasteiger partial charge on any atom is 0.137 e. The van der Waals surface area contributed by atoms with E-state index in [9.17, 15) is 0 Å². The Morgan fingerprint density at radius 2 is 0.945 bits per heavy atom.